The van der Waals surface area contributed by atoms with E-state index < -0.39 is 27.1 Å². The first-order valence-corrected chi connectivity index (χ1v) is 14.2. The molecule has 1 aromatic rings. The number of alkyl halides is 4. The van der Waals surface area contributed by atoms with Gasteiger partial charge in [-0.2, -0.15) is 26.0 Å². The standard InChI is InChI=1S/C24H42F4N2O3S/c1-3-4-5-6-7-8-9-10-11-12-13-14-15-16-17-18-19-30-21-20-29(2)22(30)23(25,26)24(27,28)34(31,32)33/h20-21H,3-19H2,1-2H3/p+1. The lowest BCUT2D eigenvalue weighted by Gasteiger charge is -2.21. The molecule has 0 aliphatic carbocycles. The maximum atomic E-state index is 14.4. The Labute approximate surface area is 202 Å². The van der Waals surface area contributed by atoms with E-state index in [2.05, 4.69) is 6.92 Å². The van der Waals surface area contributed by atoms with Crippen molar-refractivity contribution in [3.8, 4) is 0 Å². The molecule has 0 aliphatic rings. The molecule has 0 unspecified atom stereocenters. The number of aryl methyl sites for hydroxylation is 2. The van der Waals surface area contributed by atoms with E-state index in [4.69, 9.17) is 4.55 Å². The molecule has 0 bridgehead atoms. The summed E-state index contributed by atoms with van der Waals surface area (Å²) in [6.07, 6.45) is 21.1. The number of rotatable bonds is 20. The predicted molar refractivity (Wildman–Crippen MR) is 126 cm³/mol. The first-order chi connectivity index (χ1) is 16.0. The summed E-state index contributed by atoms with van der Waals surface area (Å²) >= 11 is 0. The van der Waals surface area contributed by atoms with Crippen molar-refractivity contribution < 1.29 is 35.1 Å². The fourth-order valence-corrected chi connectivity index (χ4v) is 4.64. The molecule has 0 aliphatic heterocycles. The molecule has 0 fully saturated rings. The van der Waals surface area contributed by atoms with Gasteiger partial charge in [0.25, 0.3) is 0 Å². The molecular formula is C24H43F4N2O3S+. The van der Waals surface area contributed by atoms with Crippen molar-refractivity contribution >= 4 is 10.1 Å². The summed E-state index contributed by atoms with van der Waals surface area (Å²) < 4.78 is 88.2. The molecule has 0 spiro atoms. The van der Waals surface area contributed by atoms with Gasteiger partial charge < -0.3 is 0 Å². The molecule has 1 rings (SSSR count). The largest absolute Gasteiger partial charge is 0.444 e. The zero-order valence-corrected chi connectivity index (χ0v) is 21.6. The Balaban J connectivity index is 2.23. The SMILES string of the molecule is CCCCCCCCCCCCCCCCCCn1cc[n+](C)c1C(F)(F)C(F)(F)S(=O)(=O)O. The monoisotopic (exact) mass is 515 g/mol. The smallest absolute Gasteiger partial charge is 0.281 e. The zero-order valence-electron chi connectivity index (χ0n) is 20.8. The van der Waals surface area contributed by atoms with Gasteiger partial charge in [0.2, 0.25) is 0 Å². The Morgan fingerprint density at radius 3 is 1.56 bits per heavy atom. The van der Waals surface area contributed by atoms with Gasteiger partial charge in [0, 0.05) is 0 Å². The highest BCUT2D eigenvalue weighted by atomic mass is 32.2. The van der Waals surface area contributed by atoms with Crippen molar-refractivity contribution in [2.24, 2.45) is 7.05 Å². The van der Waals surface area contributed by atoms with Crippen molar-refractivity contribution in [1.29, 1.82) is 0 Å². The second-order valence-electron chi connectivity index (χ2n) is 9.30. The minimum absolute atomic E-state index is 0.0613. The molecule has 0 saturated carbocycles. The van der Waals surface area contributed by atoms with Crippen LogP contribution in [-0.4, -0.2) is 22.8 Å². The second kappa shape index (κ2) is 15.1. The Morgan fingerprint density at radius 1 is 0.794 bits per heavy atom. The molecule has 0 aromatic carbocycles. The van der Waals surface area contributed by atoms with Crippen LogP contribution in [0.5, 0.6) is 0 Å². The van der Waals surface area contributed by atoms with Gasteiger partial charge in [-0.15, -0.1) is 0 Å². The van der Waals surface area contributed by atoms with E-state index >= 15 is 0 Å². The van der Waals surface area contributed by atoms with E-state index in [-0.39, 0.29) is 6.54 Å². The number of unbranched alkanes of at least 4 members (excludes halogenated alkanes) is 15. The number of nitrogens with zero attached hydrogens (tertiary/aromatic N) is 2. The van der Waals surface area contributed by atoms with E-state index in [1.807, 2.05) is 0 Å². The predicted octanol–water partition coefficient (Wildman–Crippen LogP) is 7.15. The Hall–Kier alpha value is -1.16. The lowest BCUT2D eigenvalue weighted by molar-refractivity contribution is -0.689. The second-order valence-corrected chi connectivity index (χ2v) is 10.8. The maximum Gasteiger partial charge on any atom is 0.444 e. The first-order valence-electron chi connectivity index (χ1n) is 12.7. The molecule has 1 heterocycles. The number of hydrogen-bond acceptors (Lipinski definition) is 2. The van der Waals surface area contributed by atoms with Crippen molar-refractivity contribution in [2.45, 2.75) is 127 Å². The topological polar surface area (TPSA) is 63.2 Å². The molecule has 0 radical (unpaired) electrons. The maximum absolute atomic E-state index is 14.4. The van der Waals surface area contributed by atoms with Crippen LogP contribution in [0.25, 0.3) is 0 Å². The van der Waals surface area contributed by atoms with E-state index in [0.717, 1.165) is 48.1 Å². The highest BCUT2D eigenvalue weighted by molar-refractivity contribution is 7.86. The van der Waals surface area contributed by atoms with Gasteiger partial charge in [0.05, 0.1) is 13.6 Å². The molecule has 1 aromatic heterocycles. The van der Waals surface area contributed by atoms with Gasteiger partial charge in [0.15, 0.2) is 0 Å². The van der Waals surface area contributed by atoms with Crippen LogP contribution in [0.1, 0.15) is 115 Å². The molecule has 1 N–H and O–H groups in total. The number of hydrogen-bond donors (Lipinski definition) is 1. The Kier molecular flexibility index (Phi) is 13.7. The van der Waals surface area contributed by atoms with E-state index in [0.29, 0.717) is 6.42 Å². The van der Waals surface area contributed by atoms with Crippen LogP contribution in [0.4, 0.5) is 17.6 Å². The quantitative estimate of drug-likeness (QED) is 0.0868. The first kappa shape index (κ1) is 30.9. The summed E-state index contributed by atoms with van der Waals surface area (Å²) in [6.45, 7) is 2.29. The lowest BCUT2D eigenvalue weighted by Crippen LogP contribution is -2.52. The van der Waals surface area contributed by atoms with Crippen molar-refractivity contribution in [1.82, 2.24) is 4.57 Å². The van der Waals surface area contributed by atoms with Crippen molar-refractivity contribution in [3.63, 3.8) is 0 Å². The third-order valence-corrected chi connectivity index (χ3v) is 7.20. The van der Waals surface area contributed by atoms with Crippen LogP contribution in [0.3, 0.4) is 0 Å². The van der Waals surface area contributed by atoms with Crippen LogP contribution < -0.4 is 4.57 Å². The number of halogens is 4. The molecule has 0 amide bonds. The fraction of sp³-hybridized carbons (Fsp3) is 0.875. The van der Waals surface area contributed by atoms with Crippen LogP contribution >= 0.6 is 0 Å². The average molecular weight is 516 g/mol. The van der Waals surface area contributed by atoms with Crippen LogP contribution in [0.2, 0.25) is 0 Å². The van der Waals surface area contributed by atoms with Crippen LogP contribution in [-0.2, 0) is 29.6 Å². The van der Waals surface area contributed by atoms with E-state index in [1.165, 1.54) is 76.8 Å². The summed E-state index contributed by atoms with van der Waals surface area (Å²) in [5.41, 5.74) is 0. The molecule has 10 heteroatoms. The Bertz CT molecular complexity index is 798. The molecule has 34 heavy (non-hydrogen) atoms. The molecule has 0 saturated heterocycles. The molecule has 0 atom stereocenters. The minimum Gasteiger partial charge on any atom is -0.281 e. The van der Waals surface area contributed by atoms with E-state index in [1.54, 1.807) is 0 Å². The van der Waals surface area contributed by atoms with E-state index in [9.17, 15) is 26.0 Å². The van der Waals surface area contributed by atoms with Crippen LogP contribution in [0.15, 0.2) is 12.4 Å². The van der Waals surface area contributed by atoms with Gasteiger partial charge >= 0.3 is 27.1 Å². The molecular weight excluding hydrogens is 472 g/mol. The Morgan fingerprint density at radius 2 is 1.18 bits per heavy atom. The third kappa shape index (κ3) is 9.47. The number of imidazole rings is 1. The van der Waals surface area contributed by atoms with Crippen molar-refractivity contribution in [2.75, 3.05) is 0 Å². The van der Waals surface area contributed by atoms with Gasteiger partial charge in [-0.1, -0.05) is 96.8 Å². The van der Waals surface area contributed by atoms with Crippen molar-refractivity contribution in [3.05, 3.63) is 18.2 Å². The minimum atomic E-state index is -6.28. The highest BCUT2D eigenvalue weighted by Gasteiger charge is 2.72. The highest BCUT2D eigenvalue weighted by Crippen LogP contribution is 2.44. The van der Waals surface area contributed by atoms with Gasteiger partial charge in [-0.3, -0.25) is 4.55 Å². The number of aromatic nitrogens is 2. The fourth-order valence-electron chi connectivity index (χ4n) is 4.23. The zero-order chi connectivity index (χ0) is 25.7. The van der Waals surface area contributed by atoms with Crippen LogP contribution in [0, 0.1) is 0 Å². The normalized spacial score (nSPS) is 13.0. The molecule has 5 nitrogen and oxygen atoms in total. The average Bonchev–Trinajstić information content (AvgIpc) is 3.13. The lowest BCUT2D eigenvalue weighted by atomic mass is 10.0. The van der Waals surface area contributed by atoms with Gasteiger partial charge in [-0.05, 0) is 12.8 Å². The summed E-state index contributed by atoms with van der Waals surface area (Å²) in [4.78, 5) is 0. The van der Waals surface area contributed by atoms with Gasteiger partial charge in [0.1, 0.15) is 12.4 Å². The third-order valence-electron chi connectivity index (χ3n) is 6.30. The van der Waals surface area contributed by atoms with Gasteiger partial charge in [-0.25, -0.2) is 9.13 Å². The summed E-state index contributed by atoms with van der Waals surface area (Å²) in [5.74, 6) is -6.23. The molecule has 200 valence electrons. The summed E-state index contributed by atoms with van der Waals surface area (Å²) in [7, 11) is -5.15. The summed E-state index contributed by atoms with van der Waals surface area (Å²) in [5, 5.41) is -5.62. The summed E-state index contributed by atoms with van der Waals surface area (Å²) in [6, 6.07) is 0.